The van der Waals surface area contributed by atoms with Gasteiger partial charge in [-0.25, -0.2) is 4.98 Å². The average molecular weight is 269 g/mol. The van der Waals surface area contributed by atoms with Crippen LogP contribution in [0.25, 0.3) is 0 Å². The molecule has 2 heterocycles. The van der Waals surface area contributed by atoms with Crippen molar-refractivity contribution in [2.45, 2.75) is 38.8 Å². The van der Waals surface area contributed by atoms with Gasteiger partial charge in [-0.15, -0.1) is 0 Å². The molecule has 18 heavy (non-hydrogen) atoms. The number of anilines is 1. The van der Waals surface area contributed by atoms with Crippen LogP contribution < -0.4 is 10.6 Å². The van der Waals surface area contributed by atoms with Gasteiger partial charge in [0.2, 0.25) is 0 Å². The summed E-state index contributed by atoms with van der Waals surface area (Å²) in [6.45, 7) is 7.71. The first-order valence-electron chi connectivity index (χ1n) is 6.12. The Hall–Kier alpha value is -0.780. The van der Waals surface area contributed by atoms with E-state index in [-0.39, 0.29) is 19.0 Å². The summed E-state index contributed by atoms with van der Waals surface area (Å²) in [6.07, 6.45) is 0.473. The second-order valence-electron chi connectivity index (χ2n) is 5.57. The number of β-amino-alcohol motifs (C(OH)–C–C–N with tert-alkyl or cyclic N) is 1. The van der Waals surface area contributed by atoms with E-state index in [2.05, 4.69) is 42.5 Å². The van der Waals surface area contributed by atoms with Crippen LogP contribution >= 0.6 is 13.5 Å². The molecule has 1 atom stereocenters. The summed E-state index contributed by atoms with van der Waals surface area (Å²) in [5, 5.41) is 16.6. The average Bonchev–Trinajstić information content (AvgIpc) is 2.71. The molecule has 1 aromatic rings. The Bertz CT molecular complexity index is 404. The van der Waals surface area contributed by atoms with E-state index in [0.717, 1.165) is 24.5 Å². The van der Waals surface area contributed by atoms with Crippen molar-refractivity contribution in [2.75, 3.05) is 18.4 Å². The Kier molecular flexibility index (Phi) is 5.01. The molecule has 102 valence electrons. The van der Waals surface area contributed by atoms with Crippen LogP contribution in [0.1, 0.15) is 38.1 Å². The van der Waals surface area contributed by atoms with Gasteiger partial charge in [0, 0.05) is 18.6 Å². The number of fused-ring (bicyclic) bond motifs is 1. The minimum absolute atomic E-state index is 0. The highest BCUT2D eigenvalue weighted by molar-refractivity contribution is 7.59. The van der Waals surface area contributed by atoms with E-state index in [1.54, 1.807) is 0 Å². The Morgan fingerprint density at radius 1 is 1.44 bits per heavy atom. The molecular weight excluding hydrogens is 246 g/mol. The maximum atomic E-state index is 10.1. The van der Waals surface area contributed by atoms with Crippen LogP contribution in [0, 0.1) is 0 Å². The second kappa shape index (κ2) is 5.91. The zero-order valence-corrected chi connectivity index (χ0v) is 12.2. The SMILES string of the molecule is CC(C)(C)NC[C@H](O)c1ccc2c(n1)NCC2.S. The van der Waals surface area contributed by atoms with E-state index in [0.29, 0.717) is 6.54 Å². The Morgan fingerprint density at radius 3 is 2.83 bits per heavy atom. The van der Waals surface area contributed by atoms with Gasteiger partial charge in [0.1, 0.15) is 11.9 Å². The smallest absolute Gasteiger partial charge is 0.129 e. The van der Waals surface area contributed by atoms with Gasteiger partial charge in [0.05, 0.1) is 5.69 Å². The number of rotatable bonds is 3. The van der Waals surface area contributed by atoms with Gasteiger partial charge >= 0.3 is 0 Å². The minimum atomic E-state index is -0.554. The second-order valence-corrected chi connectivity index (χ2v) is 5.57. The van der Waals surface area contributed by atoms with Crippen molar-refractivity contribution in [3.8, 4) is 0 Å². The zero-order valence-electron chi connectivity index (χ0n) is 11.2. The van der Waals surface area contributed by atoms with Crippen LogP contribution in [0.5, 0.6) is 0 Å². The van der Waals surface area contributed by atoms with Crippen LogP contribution in [0.2, 0.25) is 0 Å². The number of hydrogen-bond donors (Lipinski definition) is 3. The molecule has 0 radical (unpaired) electrons. The summed E-state index contributed by atoms with van der Waals surface area (Å²) in [7, 11) is 0. The van der Waals surface area contributed by atoms with E-state index in [1.807, 2.05) is 6.07 Å². The highest BCUT2D eigenvalue weighted by atomic mass is 32.1. The number of nitrogens with one attached hydrogen (secondary N) is 2. The summed E-state index contributed by atoms with van der Waals surface area (Å²) in [5.41, 5.74) is 1.98. The topological polar surface area (TPSA) is 57.2 Å². The monoisotopic (exact) mass is 269 g/mol. The molecule has 0 saturated carbocycles. The van der Waals surface area contributed by atoms with Crippen LogP contribution in [0.15, 0.2) is 12.1 Å². The van der Waals surface area contributed by atoms with Crippen molar-refractivity contribution in [2.24, 2.45) is 0 Å². The molecule has 0 spiro atoms. The lowest BCUT2D eigenvalue weighted by Gasteiger charge is -2.22. The first kappa shape index (κ1) is 15.3. The van der Waals surface area contributed by atoms with Crippen LogP contribution in [0.4, 0.5) is 5.82 Å². The summed E-state index contributed by atoms with van der Waals surface area (Å²) in [5.74, 6) is 0.928. The van der Waals surface area contributed by atoms with Gasteiger partial charge < -0.3 is 15.7 Å². The van der Waals surface area contributed by atoms with Crippen molar-refractivity contribution in [1.29, 1.82) is 0 Å². The maximum absolute atomic E-state index is 10.1. The van der Waals surface area contributed by atoms with E-state index in [9.17, 15) is 5.11 Å². The van der Waals surface area contributed by atoms with Gasteiger partial charge in [-0.3, -0.25) is 0 Å². The lowest BCUT2D eigenvalue weighted by atomic mass is 10.1. The predicted molar refractivity (Wildman–Crippen MR) is 79.5 cm³/mol. The third-order valence-electron chi connectivity index (χ3n) is 2.85. The minimum Gasteiger partial charge on any atom is -0.385 e. The first-order valence-corrected chi connectivity index (χ1v) is 6.12. The molecule has 0 aromatic carbocycles. The van der Waals surface area contributed by atoms with Crippen LogP contribution in [-0.4, -0.2) is 28.7 Å². The number of aliphatic hydroxyl groups is 1. The third-order valence-corrected chi connectivity index (χ3v) is 2.85. The molecule has 1 aliphatic heterocycles. The number of aromatic nitrogens is 1. The molecule has 0 aliphatic carbocycles. The molecule has 4 nitrogen and oxygen atoms in total. The summed E-state index contributed by atoms with van der Waals surface area (Å²) in [4.78, 5) is 4.45. The van der Waals surface area contributed by atoms with E-state index >= 15 is 0 Å². The van der Waals surface area contributed by atoms with Crippen LogP contribution in [0.3, 0.4) is 0 Å². The van der Waals surface area contributed by atoms with Gasteiger partial charge in [0.15, 0.2) is 0 Å². The fourth-order valence-electron chi connectivity index (χ4n) is 1.87. The van der Waals surface area contributed by atoms with Crippen molar-refractivity contribution in [1.82, 2.24) is 10.3 Å². The van der Waals surface area contributed by atoms with Crippen LogP contribution in [-0.2, 0) is 6.42 Å². The number of nitrogens with zero attached hydrogens (tertiary/aromatic N) is 1. The Morgan fingerprint density at radius 2 is 2.17 bits per heavy atom. The molecule has 1 aromatic heterocycles. The summed E-state index contributed by atoms with van der Waals surface area (Å²) >= 11 is 0. The van der Waals surface area contributed by atoms with Crippen molar-refractivity contribution in [3.05, 3.63) is 23.4 Å². The van der Waals surface area contributed by atoms with E-state index < -0.39 is 6.10 Å². The lowest BCUT2D eigenvalue weighted by molar-refractivity contribution is 0.159. The van der Waals surface area contributed by atoms with Crippen molar-refractivity contribution < 1.29 is 5.11 Å². The summed E-state index contributed by atoms with van der Waals surface area (Å²) in [6, 6.07) is 3.97. The summed E-state index contributed by atoms with van der Waals surface area (Å²) < 4.78 is 0. The van der Waals surface area contributed by atoms with Gasteiger partial charge in [-0.05, 0) is 38.8 Å². The van der Waals surface area contributed by atoms with Crippen molar-refractivity contribution >= 4 is 19.3 Å². The normalized spacial score (nSPS) is 15.6. The predicted octanol–water partition coefficient (Wildman–Crippen LogP) is 1.58. The highest BCUT2D eigenvalue weighted by Gasteiger charge is 2.17. The number of pyridine rings is 1. The third kappa shape index (κ3) is 3.86. The molecule has 1 aliphatic rings. The highest BCUT2D eigenvalue weighted by Crippen LogP contribution is 2.22. The van der Waals surface area contributed by atoms with Crippen molar-refractivity contribution in [3.63, 3.8) is 0 Å². The molecule has 2 rings (SSSR count). The Labute approximate surface area is 116 Å². The fourth-order valence-corrected chi connectivity index (χ4v) is 1.87. The van der Waals surface area contributed by atoms with Gasteiger partial charge in [-0.1, -0.05) is 6.07 Å². The van der Waals surface area contributed by atoms with E-state index in [4.69, 9.17) is 0 Å². The van der Waals surface area contributed by atoms with Gasteiger partial charge in [-0.2, -0.15) is 13.5 Å². The molecule has 3 N–H and O–H groups in total. The molecular formula is C13H23N3OS. The maximum Gasteiger partial charge on any atom is 0.129 e. The molecule has 0 bridgehead atoms. The standard InChI is InChI=1S/C13H21N3O.H2S/c1-13(2,3)15-8-11(17)10-5-4-9-6-7-14-12(9)16-10;/h4-5,11,15,17H,6-8H2,1-3H3,(H,14,16);1H2/t11-;/m0./s1. The fraction of sp³-hybridized carbons (Fsp3) is 0.615. The first-order chi connectivity index (χ1) is 7.96. The molecule has 0 amide bonds. The lowest BCUT2D eigenvalue weighted by Crippen LogP contribution is -2.38. The molecule has 0 fully saturated rings. The molecule has 0 saturated heterocycles. The molecule has 0 unspecified atom stereocenters. The number of hydrogen-bond acceptors (Lipinski definition) is 4. The Balaban J connectivity index is 0.00000162. The largest absolute Gasteiger partial charge is 0.385 e. The van der Waals surface area contributed by atoms with Gasteiger partial charge in [0.25, 0.3) is 0 Å². The number of aliphatic hydroxyl groups excluding tert-OH is 1. The molecule has 5 heteroatoms. The van der Waals surface area contributed by atoms with E-state index in [1.165, 1.54) is 5.56 Å². The quantitative estimate of drug-likeness (QED) is 0.780. The zero-order chi connectivity index (χ0) is 12.5.